The van der Waals surface area contributed by atoms with E-state index in [-0.39, 0.29) is 5.92 Å². The first-order valence-electron chi connectivity index (χ1n) is 10.5. The summed E-state index contributed by atoms with van der Waals surface area (Å²) in [6.45, 7) is 0. The molecule has 0 spiro atoms. The van der Waals surface area contributed by atoms with Crippen molar-refractivity contribution in [1.82, 2.24) is 0 Å². The first-order chi connectivity index (χ1) is 15.3. The molecule has 0 atom stereocenters. The van der Waals surface area contributed by atoms with Crippen LogP contribution in [0.4, 0.5) is 5.69 Å². The number of anilines is 1. The average Bonchev–Trinajstić information content (AvgIpc) is 2.86. The van der Waals surface area contributed by atoms with Gasteiger partial charge in [-0.1, -0.05) is 78.9 Å². The largest absolute Gasteiger partial charge is 0.497 e. The summed E-state index contributed by atoms with van der Waals surface area (Å²) in [7, 11) is 1.68. The van der Waals surface area contributed by atoms with E-state index in [0.717, 1.165) is 29.1 Å². The summed E-state index contributed by atoms with van der Waals surface area (Å²) in [4.78, 5) is 0. The maximum atomic E-state index is 5.34. The molecule has 0 aliphatic heterocycles. The number of para-hydroxylation sites is 1. The van der Waals surface area contributed by atoms with Crippen molar-refractivity contribution >= 4 is 11.4 Å². The lowest BCUT2D eigenvalue weighted by molar-refractivity contribution is 0.415. The van der Waals surface area contributed by atoms with Crippen LogP contribution in [-0.2, 0) is 0 Å². The number of nitrogens with one attached hydrogen (secondary N) is 1. The lowest BCUT2D eigenvalue weighted by Gasteiger charge is -2.20. The van der Waals surface area contributed by atoms with Crippen molar-refractivity contribution in [3.8, 4) is 5.75 Å². The molecule has 4 rings (SSSR count). The first kappa shape index (κ1) is 20.4. The third kappa shape index (κ3) is 5.40. The van der Waals surface area contributed by atoms with Gasteiger partial charge in [-0.25, -0.2) is 0 Å². The standard InChI is InChI=1S/C28H26N2O/c1-31-26-19-17-24(18-20-26)28(30-29-25-15-9-4-10-16-25)21-27(22-11-5-2-6-12-22)23-13-7-3-8-14-23/h2-20,27,29H,21H2,1H3/b30-28+. The fraction of sp³-hybridized carbons (Fsp3) is 0.107. The van der Waals surface area contributed by atoms with E-state index in [2.05, 4.69) is 78.2 Å². The summed E-state index contributed by atoms with van der Waals surface area (Å²) < 4.78 is 5.34. The van der Waals surface area contributed by atoms with Crippen molar-refractivity contribution in [1.29, 1.82) is 0 Å². The van der Waals surface area contributed by atoms with Crippen LogP contribution in [0.15, 0.2) is 120 Å². The highest BCUT2D eigenvalue weighted by molar-refractivity contribution is 6.01. The number of rotatable bonds is 8. The Bertz CT molecular complexity index is 1050. The second kappa shape index (κ2) is 10.3. The van der Waals surface area contributed by atoms with Crippen LogP contribution in [0.3, 0.4) is 0 Å². The second-order valence-electron chi connectivity index (χ2n) is 7.34. The van der Waals surface area contributed by atoms with E-state index in [0.29, 0.717) is 0 Å². The highest BCUT2D eigenvalue weighted by atomic mass is 16.5. The highest BCUT2D eigenvalue weighted by Gasteiger charge is 2.18. The Hall–Kier alpha value is -3.85. The van der Waals surface area contributed by atoms with E-state index in [4.69, 9.17) is 9.84 Å². The smallest absolute Gasteiger partial charge is 0.118 e. The molecular weight excluding hydrogens is 380 g/mol. The Kier molecular flexibility index (Phi) is 6.76. The van der Waals surface area contributed by atoms with Gasteiger partial charge in [0.15, 0.2) is 0 Å². The van der Waals surface area contributed by atoms with Crippen LogP contribution in [0.2, 0.25) is 0 Å². The number of methoxy groups -OCH3 is 1. The van der Waals surface area contributed by atoms with Crippen LogP contribution in [-0.4, -0.2) is 12.8 Å². The average molecular weight is 407 g/mol. The predicted octanol–water partition coefficient (Wildman–Crippen LogP) is 6.73. The number of hydrogen-bond acceptors (Lipinski definition) is 3. The third-order valence-corrected chi connectivity index (χ3v) is 5.32. The molecule has 0 unspecified atom stereocenters. The molecule has 154 valence electrons. The normalized spacial score (nSPS) is 11.4. The molecule has 0 aromatic heterocycles. The van der Waals surface area contributed by atoms with Gasteiger partial charge in [0.25, 0.3) is 0 Å². The Morgan fingerprint density at radius 3 is 1.74 bits per heavy atom. The molecule has 4 aromatic carbocycles. The van der Waals surface area contributed by atoms with Crippen molar-refractivity contribution in [2.75, 3.05) is 12.5 Å². The minimum Gasteiger partial charge on any atom is -0.497 e. The van der Waals surface area contributed by atoms with Crippen molar-refractivity contribution in [3.05, 3.63) is 132 Å². The van der Waals surface area contributed by atoms with E-state index >= 15 is 0 Å². The summed E-state index contributed by atoms with van der Waals surface area (Å²) in [6.07, 6.45) is 0.764. The molecule has 0 aliphatic carbocycles. The van der Waals surface area contributed by atoms with Gasteiger partial charge >= 0.3 is 0 Å². The van der Waals surface area contributed by atoms with Gasteiger partial charge in [-0.2, -0.15) is 5.10 Å². The molecule has 1 N–H and O–H groups in total. The van der Waals surface area contributed by atoms with Crippen LogP contribution in [0.1, 0.15) is 29.0 Å². The summed E-state index contributed by atoms with van der Waals surface area (Å²) in [6, 6.07) is 39.4. The molecule has 4 aromatic rings. The van der Waals surface area contributed by atoms with Gasteiger partial charge in [0.2, 0.25) is 0 Å². The number of hydrazone groups is 1. The van der Waals surface area contributed by atoms with Crippen molar-refractivity contribution in [2.24, 2.45) is 5.10 Å². The minimum absolute atomic E-state index is 0.195. The van der Waals surface area contributed by atoms with Crippen LogP contribution in [0.5, 0.6) is 5.75 Å². The van der Waals surface area contributed by atoms with E-state index in [1.165, 1.54) is 11.1 Å². The number of ether oxygens (including phenoxy) is 1. The lowest BCUT2D eigenvalue weighted by atomic mass is 9.85. The monoisotopic (exact) mass is 406 g/mol. The van der Waals surface area contributed by atoms with Crippen LogP contribution in [0, 0.1) is 0 Å². The van der Waals surface area contributed by atoms with Gasteiger partial charge in [0, 0.05) is 12.3 Å². The Labute approximate surface area is 184 Å². The first-order valence-corrected chi connectivity index (χ1v) is 10.5. The molecule has 0 amide bonds. The molecule has 0 heterocycles. The van der Waals surface area contributed by atoms with E-state index in [1.54, 1.807) is 7.11 Å². The lowest BCUT2D eigenvalue weighted by Crippen LogP contribution is -2.12. The number of hydrogen-bond donors (Lipinski definition) is 1. The summed E-state index contributed by atoms with van der Waals surface area (Å²) in [5.74, 6) is 1.03. The van der Waals surface area contributed by atoms with Gasteiger partial charge in [-0.3, -0.25) is 5.43 Å². The fourth-order valence-electron chi connectivity index (χ4n) is 3.65. The second-order valence-corrected chi connectivity index (χ2v) is 7.34. The topological polar surface area (TPSA) is 33.6 Å². The van der Waals surface area contributed by atoms with E-state index in [9.17, 15) is 0 Å². The zero-order chi connectivity index (χ0) is 21.3. The molecule has 0 radical (unpaired) electrons. The zero-order valence-electron chi connectivity index (χ0n) is 17.6. The third-order valence-electron chi connectivity index (χ3n) is 5.32. The molecule has 31 heavy (non-hydrogen) atoms. The SMILES string of the molecule is COc1ccc(/C(CC(c2ccccc2)c2ccccc2)=N/Nc2ccccc2)cc1. The molecule has 0 fully saturated rings. The summed E-state index contributed by atoms with van der Waals surface area (Å²) >= 11 is 0. The fourth-order valence-corrected chi connectivity index (χ4v) is 3.65. The van der Waals surface area contributed by atoms with Crippen LogP contribution in [0.25, 0.3) is 0 Å². The van der Waals surface area contributed by atoms with Crippen molar-refractivity contribution in [3.63, 3.8) is 0 Å². The van der Waals surface area contributed by atoms with Crippen molar-refractivity contribution < 1.29 is 4.74 Å². The highest BCUT2D eigenvalue weighted by Crippen LogP contribution is 2.30. The van der Waals surface area contributed by atoms with Crippen LogP contribution >= 0.6 is 0 Å². The van der Waals surface area contributed by atoms with Gasteiger partial charge in [0.05, 0.1) is 18.5 Å². The van der Waals surface area contributed by atoms with Gasteiger partial charge < -0.3 is 4.74 Å². The predicted molar refractivity (Wildman–Crippen MR) is 129 cm³/mol. The number of nitrogens with zero attached hydrogens (tertiary/aromatic N) is 1. The van der Waals surface area contributed by atoms with Crippen LogP contribution < -0.4 is 10.2 Å². The van der Waals surface area contributed by atoms with Crippen molar-refractivity contribution in [2.45, 2.75) is 12.3 Å². The molecule has 3 heteroatoms. The molecule has 0 bridgehead atoms. The van der Waals surface area contributed by atoms with Gasteiger partial charge in [-0.05, 0) is 53.1 Å². The molecule has 0 saturated heterocycles. The van der Waals surface area contributed by atoms with E-state index < -0.39 is 0 Å². The Balaban J connectivity index is 1.71. The molecule has 3 nitrogen and oxygen atoms in total. The van der Waals surface area contributed by atoms with Gasteiger partial charge in [-0.15, -0.1) is 0 Å². The quantitative estimate of drug-likeness (QED) is 0.260. The summed E-state index contributed by atoms with van der Waals surface area (Å²) in [5, 5.41) is 4.84. The molecule has 0 aliphatic rings. The number of benzene rings is 4. The van der Waals surface area contributed by atoms with Gasteiger partial charge in [0.1, 0.15) is 5.75 Å². The Morgan fingerprint density at radius 2 is 1.23 bits per heavy atom. The Morgan fingerprint density at radius 1 is 0.710 bits per heavy atom. The zero-order valence-corrected chi connectivity index (χ0v) is 17.6. The maximum Gasteiger partial charge on any atom is 0.118 e. The maximum absolute atomic E-state index is 5.34. The molecule has 0 saturated carbocycles. The minimum atomic E-state index is 0.195. The molecular formula is C28H26N2O. The summed E-state index contributed by atoms with van der Waals surface area (Å²) in [5.41, 5.74) is 8.81. The van der Waals surface area contributed by atoms with E-state index in [1.807, 2.05) is 42.5 Å².